The number of aryl methyl sites for hydroxylation is 1. The number of fused-ring (bicyclic) bond motifs is 3. The molecule has 9 heteroatoms. The molecular weight excluding hydrogens is 362 g/mol. The van der Waals surface area contributed by atoms with Crippen molar-refractivity contribution in [2.24, 2.45) is 0 Å². The van der Waals surface area contributed by atoms with Gasteiger partial charge in [-0.05, 0) is 43.4 Å². The fourth-order valence-corrected chi connectivity index (χ4v) is 4.61. The highest BCUT2D eigenvalue weighted by molar-refractivity contribution is 7.05. The summed E-state index contributed by atoms with van der Waals surface area (Å²) < 4.78 is 6.00. The largest absolute Gasteiger partial charge is 0.346 e. The predicted octanol–water partition coefficient (Wildman–Crippen LogP) is 2.32. The van der Waals surface area contributed by atoms with Crippen molar-refractivity contribution >= 4 is 34.0 Å². The van der Waals surface area contributed by atoms with Gasteiger partial charge in [0.2, 0.25) is 5.91 Å². The van der Waals surface area contributed by atoms with Gasteiger partial charge in [0, 0.05) is 35.5 Å². The van der Waals surface area contributed by atoms with Gasteiger partial charge in [-0.1, -0.05) is 5.21 Å². The highest BCUT2D eigenvalue weighted by Gasteiger charge is 2.29. The third-order valence-electron chi connectivity index (χ3n) is 5.16. The zero-order valence-electron chi connectivity index (χ0n) is 14.9. The fraction of sp³-hybridized carbons (Fsp3) is 0.389. The van der Waals surface area contributed by atoms with Crippen molar-refractivity contribution in [1.29, 1.82) is 0 Å². The van der Waals surface area contributed by atoms with Crippen molar-refractivity contribution in [3.8, 4) is 0 Å². The van der Waals surface area contributed by atoms with Crippen LogP contribution in [0, 0.1) is 6.92 Å². The topological polar surface area (TPSA) is 92.1 Å². The molecule has 4 aromatic rings. The molecular formula is C18H19N7OS. The molecule has 1 amide bonds. The monoisotopic (exact) mass is 381 g/mol. The first kappa shape index (κ1) is 16.4. The number of carbonyl (C=O) groups is 1. The molecule has 138 valence electrons. The molecule has 0 spiro atoms. The van der Waals surface area contributed by atoms with Gasteiger partial charge in [-0.25, -0.2) is 9.50 Å². The van der Waals surface area contributed by atoms with Gasteiger partial charge < -0.3 is 9.88 Å². The Labute approximate surface area is 159 Å². The number of hydrogen-bond acceptors (Lipinski definition) is 6. The van der Waals surface area contributed by atoms with Crippen LogP contribution in [0.4, 0.5) is 0 Å². The maximum absolute atomic E-state index is 12.8. The zero-order chi connectivity index (χ0) is 18.4. The number of aromatic amines is 1. The lowest BCUT2D eigenvalue weighted by Crippen LogP contribution is -2.40. The number of piperidine rings is 1. The summed E-state index contributed by atoms with van der Waals surface area (Å²) in [6.07, 6.45) is 5.96. The molecule has 4 aromatic heterocycles. The number of H-pyrrole nitrogens is 1. The first-order valence-corrected chi connectivity index (χ1v) is 9.83. The van der Waals surface area contributed by atoms with Crippen LogP contribution in [0.15, 0.2) is 24.7 Å². The Kier molecular flexibility index (Phi) is 3.89. The van der Waals surface area contributed by atoms with Crippen LogP contribution in [0.25, 0.3) is 16.6 Å². The van der Waals surface area contributed by atoms with Gasteiger partial charge in [-0.2, -0.15) is 4.37 Å². The van der Waals surface area contributed by atoms with Crippen LogP contribution >= 0.6 is 11.5 Å². The number of likely N-dealkylation sites (tertiary alicyclic amines) is 1. The minimum absolute atomic E-state index is 0.160. The smallest absolute Gasteiger partial charge is 0.227 e. The molecule has 1 atom stereocenters. The Bertz CT molecular complexity index is 1130. The number of amides is 1. The van der Waals surface area contributed by atoms with Crippen molar-refractivity contribution in [3.05, 3.63) is 40.9 Å². The molecule has 0 aromatic carbocycles. The van der Waals surface area contributed by atoms with Crippen LogP contribution in [0.1, 0.15) is 35.0 Å². The van der Waals surface area contributed by atoms with E-state index < -0.39 is 0 Å². The molecule has 0 bridgehead atoms. The zero-order valence-corrected chi connectivity index (χ0v) is 15.7. The van der Waals surface area contributed by atoms with Gasteiger partial charge in [-0.3, -0.25) is 4.79 Å². The molecule has 27 heavy (non-hydrogen) atoms. The Morgan fingerprint density at radius 1 is 1.44 bits per heavy atom. The number of nitrogens with one attached hydrogen (secondary N) is 1. The molecule has 1 aliphatic rings. The average Bonchev–Trinajstić information content (AvgIpc) is 3.40. The van der Waals surface area contributed by atoms with Gasteiger partial charge in [0.15, 0.2) is 0 Å². The number of aromatic nitrogens is 6. The van der Waals surface area contributed by atoms with Gasteiger partial charge in [0.25, 0.3) is 0 Å². The third kappa shape index (κ3) is 2.87. The number of carbonyl (C=O) groups excluding carboxylic acids is 1. The van der Waals surface area contributed by atoms with Crippen molar-refractivity contribution in [2.75, 3.05) is 13.1 Å². The maximum atomic E-state index is 12.8. The normalized spacial score (nSPS) is 17.8. The number of rotatable bonds is 3. The highest BCUT2D eigenvalue weighted by atomic mass is 32.1. The van der Waals surface area contributed by atoms with Crippen molar-refractivity contribution in [2.45, 2.75) is 32.1 Å². The van der Waals surface area contributed by atoms with Crippen molar-refractivity contribution in [3.63, 3.8) is 0 Å². The molecule has 1 aliphatic heterocycles. The minimum Gasteiger partial charge on any atom is -0.346 e. The summed E-state index contributed by atoms with van der Waals surface area (Å²) in [7, 11) is 0. The molecule has 1 unspecified atom stereocenters. The van der Waals surface area contributed by atoms with Crippen molar-refractivity contribution in [1.82, 2.24) is 34.1 Å². The van der Waals surface area contributed by atoms with Crippen LogP contribution in [0.2, 0.25) is 0 Å². The van der Waals surface area contributed by atoms with E-state index in [1.807, 2.05) is 30.2 Å². The Morgan fingerprint density at radius 3 is 3.22 bits per heavy atom. The molecule has 1 N–H and O–H groups in total. The second kappa shape index (κ2) is 6.41. The molecule has 5 heterocycles. The van der Waals surface area contributed by atoms with Crippen molar-refractivity contribution < 1.29 is 4.79 Å². The first-order chi connectivity index (χ1) is 13.2. The van der Waals surface area contributed by atoms with Gasteiger partial charge in [0.1, 0.15) is 17.5 Å². The van der Waals surface area contributed by atoms with E-state index in [1.54, 1.807) is 10.8 Å². The summed E-state index contributed by atoms with van der Waals surface area (Å²) in [5.41, 5.74) is 3.74. The second-order valence-corrected chi connectivity index (χ2v) is 7.93. The van der Waals surface area contributed by atoms with E-state index in [0.717, 1.165) is 52.2 Å². The summed E-state index contributed by atoms with van der Waals surface area (Å²) in [5.74, 6) is 0.345. The van der Waals surface area contributed by atoms with Crippen LogP contribution in [0.5, 0.6) is 0 Å². The molecule has 1 saturated heterocycles. The highest BCUT2D eigenvalue weighted by Crippen LogP contribution is 2.31. The van der Waals surface area contributed by atoms with Crippen LogP contribution < -0.4 is 0 Å². The summed E-state index contributed by atoms with van der Waals surface area (Å²) in [5, 5.41) is 9.70. The van der Waals surface area contributed by atoms with E-state index >= 15 is 0 Å². The fourth-order valence-electron chi connectivity index (χ4n) is 3.88. The van der Waals surface area contributed by atoms with Gasteiger partial charge >= 0.3 is 0 Å². The van der Waals surface area contributed by atoms with Gasteiger partial charge in [0.05, 0.1) is 17.8 Å². The van der Waals surface area contributed by atoms with E-state index in [-0.39, 0.29) is 11.8 Å². The summed E-state index contributed by atoms with van der Waals surface area (Å²) in [6, 6.07) is 3.99. The quantitative estimate of drug-likeness (QED) is 0.588. The van der Waals surface area contributed by atoms with Gasteiger partial charge in [-0.15, -0.1) is 5.10 Å². The number of hydrogen-bond donors (Lipinski definition) is 1. The molecule has 0 saturated carbocycles. The predicted molar refractivity (Wildman–Crippen MR) is 102 cm³/mol. The lowest BCUT2D eigenvalue weighted by Gasteiger charge is -2.32. The van der Waals surface area contributed by atoms with E-state index in [9.17, 15) is 4.79 Å². The Hall–Kier alpha value is -2.81. The maximum Gasteiger partial charge on any atom is 0.227 e. The average molecular weight is 381 g/mol. The van der Waals surface area contributed by atoms with Crippen LogP contribution in [-0.2, 0) is 11.2 Å². The third-order valence-corrected chi connectivity index (χ3v) is 6.04. The van der Waals surface area contributed by atoms with E-state index in [1.165, 1.54) is 11.5 Å². The molecule has 0 radical (unpaired) electrons. The SMILES string of the molecule is Cc1cc(CC(=O)N2CCCC(c3nnn4cnc5[nH]ccc5c34)C2)sn1. The van der Waals surface area contributed by atoms with Crippen LogP contribution in [-0.4, -0.2) is 53.1 Å². The Balaban J connectivity index is 1.42. The lowest BCUT2D eigenvalue weighted by molar-refractivity contribution is -0.131. The first-order valence-electron chi connectivity index (χ1n) is 9.06. The summed E-state index contributed by atoms with van der Waals surface area (Å²) in [6.45, 7) is 3.43. The van der Waals surface area contributed by atoms with E-state index in [0.29, 0.717) is 13.0 Å². The second-order valence-electron chi connectivity index (χ2n) is 7.04. The molecule has 8 nitrogen and oxygen atoms in total. The summed E-state index contributed by atoms with van der Waals surface area (Å²) >= 11 is 1.41. The molecule has 5 rings (SSSR count). The van der Waals surface area contributed by atoms with E-state index in [4.69, 9.17) is 0 Å². The molecule has 0 aliphatic carbocycles. The Morgan fingerprint density at radius 2 is 2.37 bits per heavy atom. The lowest BCUT2D eigenvalue weighted by atomic mass is 9.93. The summed E-state index contributed by atoms with van der Waals surface area (Å²) in [4.78, 5) is 23.3. The van der Waals surface area contributed by atoms with E-state index in [2.05, 4.69) is 24.7 Å². The number of nitrogens with zero attached hydrogens (tertiary/aromatic N) is 6. The minimum atomic E-state index is 0.160. The van der Waals surface area contributed by atoms with Crippen LogP contribution in [0.3, 0.4) is 0 Å². The standard InChI is InChI=1S/C18H19N7OS/c1-11-7-13(27-22-11)8-15(26)24-6-2-3-12(9-24)16-17-14-4-5-19-18(14)20-10-25(17)23-21-16/h4-5,7,10,12,19H,2-3,6,8-9H2,1H3. The molecule has 1 fully saturated rings.